The van der Waals surface area contributed by atoms with Gasteiger partial charge in [0.15, 0.2) is 11.9 Å². The number of nitrogens with zero attached hydrogens (tertiary/aromatic N) is 1. The molecule has 5 aliphatic carbocycles. The van der Waals surface area contributed by atoms with Gasteiger partial charge in [-0.15, -0.1) is 0 Å². The lowest BCUT2D eigenvalue weighted by molar-refractivity contribution is -0.494. The van der Waals surface area contributed by atoms with E-state index in [2.05, 4.69) is 55.4 Å². The quantitative estimate of drug-likeness (QED) is 0.173. The van der Waals surface area contributed by atoms with E-state index in [9.17, 15) is 24.5 Å². The molecule has 9 atom stereocenters. The maximum Gasteiger partial charge on any atom is 0.303 e. The third-order valence-corrected chi connectivity index (χ3v) is 15.0. The third kappa shape index (κ3) is 4.23. The Morgan fingerprint density at radius 3 is 2.07 bits per heavy atom. The fourth-order valence-corrected chi connectivity index (χ4v) is 12.5. The number of allylic oxidation sites excluding steroid dienone is 1. The molecule has 0 unspecified atom stereocenters. The highest BCUT2D eigenvalue weighted by Gasteiger charge is 2.75. The van der Waals surface area contributed by atoms with Crippen LogP contribution in [-0.2, 0) is 23.9 Å². The number of fused-ring (bicyclic) bond motifs is 7. The summed E-state index contributed by atoms with van der Waals surface area (Å²) in [6.07, 6.45) is 6.44. The highest BCUT2D eigenvalue weighted by atomic mass is 16.6. The normalized spacial score (nSPS) is 43.3. The molecule has 0 saturated heterocycles. The van der Waals surface area contributed by atoms with Crippen LogP contribution in [-0.4, -0.2) is 41.4 Å². The van der Waals surface area contributed by atoms with Gasteiger partial charge in [0.25, 0.3) is 0 Å². The van der Waals surface area contributed by atoms with Crippen molar-refractivity contribution >= 4 is 17.7 Å². The highest BCUT2D eigenvalue weighted by Crippen LogP contribution is 2.81. The third-order valence-electron chi connectivity index (χ3n) is 15.0. The molecule has 0 aliphatic heterocycles. The van der Waals surface area contributed by atoms with Crippen LogP contribution in [0.4, 0.5) is 0 Å². The number of Topliss-reactive ketones (excluding diaryl/α,β-unsaturated/α-hetero) is 1. The minimum absolute atomic E-state index is 0.00389. The summed E-state index contributed by atoms with van der Waals surface area (Å²) >= 11 is 0. The lowest BCUT2D eigenvalue weighted by Gasteiger charge is -2.76. The Balaban J connectivity index is 1.62. The molecule has 0 aromatic rings. The molecular formula is C36H55NO7. The van der Waals surface area contributed by atoms with Crippen LogP contribution in [0, 0.1) is 60.4 Å². The van der Waals surface area contributed by atoms with Gasteiger partial charge in [-0.2, -0.15) is 0 Å². The highest BCUT2D eigenvalue weighted by molar-refractivity contribution is 6.01. The van der Waals surface area contributed by atoms with Crippen molar-refractivity contribution in [1.29, 1.82) is 0 Å². The van der Waals surface area contributed by atoms with Crippen LogP contribution in [0.15, 0.2) is 11.1 Å². The molecule has 4 saturated carbocycles. The summed E-state index contributed by atoms with van der Waals surface area (Å²) in [5, 5.41) is 11.9. The van der Waals surface area contributed by atoms with Crippen LogP contribution in [0.1, 0.15) is 127 Å². The van der Waals surface area contributed by atoms with Crippen LogP contribution in [0.2, 0.25) is 0 Å². The fraction of sp³-hybridized carbons (Fsp3) is 0.861. The molecule has 44 heavy (non-hydrogen) atoms. The van der Waals surface area contributed by atoms with E-state index in [0.29, 0.717) is 12.3 Å². The Morgan fingerprint density at radius 1 is 0.886 bits per heavy atom. The van der Waals surface area contributed by atoms with Gasteiger partial charge in [0.2, 0.25) is 6.54 Å². The molecule has 0 spiro atoms. The van der Waals surface area contributed by atoms with Crippen LogP contribution < -0.4 is 0 Å². The molecule has 4 fully saturated rings. The fourth-order valence-electron chi connectivity index (χ4n) is 12.5. The molecule has 5 aliphatic rings. The summed E-state index contributed by atoms with van der Waals surface area (Å²) in [5.74, 6) is -0.191. The lowest BCUT2D eigenvalue weighted by atomic mass is 9.28. The predicted molar refractivity (Wildman–Crippen MR) is 167 cm³/mol. The SMILES string of the molecule is CC(=O)O[C@H]1CC[C@@]2(C)[C@@H](CC[C@]3(C)[C@]2(C)CC[C@@H]2C4=C(C(C)C)C(=O)C[C@]4([C@@H](C[N+](=O)[O-])OC(C)=O)CC[C@]23C)C1(C)C. The number of hydrogen-bond acceptors (Lipinski definition) is 7. The molecule has 0 N–H and O–H groups in total. The van der Waals surface area contributed by atoms with E-state index < -0.39 is 24.0 Å². The van der Waals surface area contributed by atoms with Crippen LogP contribution >= 0.6 is 0 Å². The Labute approximate surface area is 263 Å². The lowest BCUT2D eigenvalue weighted by Crippen LogP contribution is -2.70. The van der Waals surface area contributed by atoms with Crippen LogP contribution in [0.5, 0.6) is 0 Å². The number of rotatable bonds is 6. The second kappa shape index (κ2) is 10.4. The largest absolute Gasteiger partial charge is 0.462 e. The van der Waals surface area contributed by atoms with Crippen molar-refractivity contribution < 1.29 is 28.8 Å². The van der Waals surface area contributed by atoms with Gasteiger partial charge in [-0.05, 0) is 102 Å². The van der Waals surface area contributed by atoms with Crippen molar-refractivity contribution in [2.45, 2.75) is 139 Å². The number of ether oxygens (including phenoxy) is 2. The van der Waals surface area contributed by atoms with E-state index in [0.717, 1.165) is 56.1 Å². The second-order valence-corrected chi connectivity index (χ2v) is 17.0. The van der Waals surface area contributed by atoms with Crippen molar-refractivity contribution in [2.24, 2.45) is 50.2 Å². The summed E-state index contributed by atoms with van der Waals surface area (Å²) < 4.78 is 11.7. The monoisotopic (exact) mass is 613 g/mol. The Kier molecular flexibility index (Phi) is 7.82. The number of nitro groups is 1. The van der Waals surface area contributed by atoms with E-state index in [-0.39, 0.29) is 68.1 Å². The first-order chi connectivity index (χ1) is 20.2. The molecule has 8 nitrogen and oxygen atoms in total. The minimum Gasteiger partial charge on any atom is -0.462 e. The van der Waals surface area contributed by atoms with E-state index in [1.54, 1.807) is 0 Å². The molecule has 8 heteroatoms. The van der Waals surface area contributed by atoms with Crippen molar-refractivity contribution in [3.63, 3.8) is 0 Å². The zero-order valence-electron chi connectivity index (χ0n) is 28.8. The second-order valence-electron chi connectivity index (χ2n) is 17.0. The number of carbonyl (C=O) groups excluding carboxylic acids is 3. The van der Waals surface area contributed by atoms with E-state index in [1.165, 1.54) is 13.8 Å². The maximum absolute atomic E-state index is 13.9. The Bertz CT molecular complexity index is 1280. The molecule has 5 rings (SSSR count). The van der Waals surface area contributed by atoms with Crippen LogP contribution in [0.3, 0.4) is 0 Å². The van der Waals surface area contributed by atoms with Gasteiger partial charge in [0.05, 0.1) is 0 Å². The van der Waals surface area contributed by atoms with Crippen molar-refractivity contribution in [3.05, 3.63) is 21.3 Å². The standard InChI is InChI=1S/C36H55NO7/c1-21(2)29-25(40)19-36(28(20-37(41)42)44-23(4)39)18-17-32(7)24(30(29)36)11-15-35(10)33(8)14-13-27(43-22(3)38)31(5,6)26(33)12-16-34(32,35)9/h21,24,26-28H,11-20H2,1-10H3/t24-,26+,27+,28-,32-,33+,34+,35-,36+/m1/s1. The smallest absolute Gasteiger partial charge is 0.303 e. The van der Waals surface area contributed by atoms with Crippen LogP contribution in [0.25, 0.3) is 0 Å². The first kappa shape index (κ1) is 33.1. The zero-order chi connectivity index (χ0) is 32.8. The summed E-state index contributed by atoms with van der Waals surface area (Å²) in [6, 6.07) is 0. The molecule has 0 aromatic heterocycles. The van der Waals surface area contributed by atoms with E-state index in [4.69, 9.17) is 9.47 Å². The molecule has 0 amide bonds. The van der Waals surface area contributed by atoms with Gasteiger partial charge < -0.3 is 9.47 Å². The summed E-state index contributed by atoms with van der Waals surface area (Å²) in [4.78, 5) is 49.8. The van der Waals surface area contributed by atoms with Gasteiger partial charge in [-0.25, -0.2) is 0 Å². The van der Waals surface area contributed by atoms with Gasteiger partial charge in [0, 0.05) is 36.0 Å². The Hall–Kier alpha value is -2.25. The number of hydrogen-bond donors (Lipinski definition) is 0. The minimum atomic E-state index is -0.957. The van der Waals surface area contributed by atoms with E-state index >= 15 is 0 Å². The summed E-state index contributed by atoms with van der Waals surface area (Å²) in [7, 11) is 0. The van der Waals surface area contributed by atoms with Crippen molar-refractivity contribution in [3.8, 4) is 0 Å². The van der Waals surface area contributed by atoms with Gasteiger partial charge in [-0.1, -0.05) is 55.4 Å². The molecule has 246 valence electrons. The molecule has 0 bridgehead atoms. The summed E-state index contributed by atoms with van der Waals surface area (Å²) in [6.45, 7) is 21.0. The van der Waals surface area contributed by atoms with E-state index in [1.807, 2.05) is 0 Å². The molecule has 0 radical (unpaired) electrons. The number of ketones is 1. The Morgan fingerprint density at radius 2 is 1.50 bits per heavy atom. The molecular weight excluding hydrogens is 558 g/mol. The predicted octanol–water partition coefficient (Wildman–Crippen LogP) is 7.50. The first-order valence-electron chi connectivity index (χ1n) is 17.0. The maximum atomic E-state index is 13.9. The van der Waals surface area contributed by atoms with Gasteiger partial charge in [-0.3, -0.25) is 24.5 Å². The average Bonchev–Trinajstić information content (AvgIpc) is 3.20. The average molecular weight is 614 g/mol. The zero-order valence-corrected chi connectivity index (χ0v) is 28.8. The van der Waals surface area contributed by atoms with Crippen molar-refractivity contribution in [2.75, 3.05) is 6.54 Å². The van der Waals surface area contributed by atoms with Gasteiger partial charge >= 0.3 is 11.9 Å². The van der Waals surface area contributed by atoms with Crippen molar-refractivity contribution in [1.82, 2.24) is 0 Å². The first-order valence-corrected chi connectivity index (χ1v) is 17.0. The molecule has 0 aromatic carbocycles. The number of esters is 2. The molecule has 0 heterocycles. The van der Waals surface area contributed by atoms with Gasteiger partial charge in [0.1, 0.15) is 6.10 Å². The number of carbonyl (C=O) groups is 3. The summed E-state index contributed by atoms with van der Waals surface area (Å²) in [5.41, 5.74) is 0.794. The topological polar surface area (TPSA) is 113 Å².